The zero-order valence-corrected chi connectivity index (χ0v) is 11.6. The van der Waals surface area contributed by atoms with Crippen molar-refractivity contribution in [1.29, 1.82) is 0 Å². The van der Waals surface area contributed by atoms with Gasteiger partial charge in [0.15, 0.2) is 0 Å². The lowest BCUT2D eigenvalue weighted by molar-refractivity contribution is -0.372. The molecule has 19 heavy (non-hydrogen) atoms. The number of carbonyl (C=O) groups excluding carboxylic acids is 2. The smallest absolute Gasteiger partial charge is 0.337 e. The van der Waals surface area contributed by atoms with Gasteiger partial charge >= 0.3 is 17.9 Å². The molecule has 6 heteroatoms. The molecule has 0 unspecified atom stereocenters. The summed E-state index contributed by atoms with van der Waals surface area (Å²) >= 11 is 0. The number of aliphatic hydroxyl groups is 2. The minimum atomic E-state index is -2.79. The molecule has 0 heterocycles. The molecule has 0 aromatic heterocycles. The Labute approximate surface area is 112 Å². The van der Waals surface area contributed by atoms with Gasteiger partial charge in [-0.05, 0) is 27.7 Å². The van der Waals surface area contributed by atoms with Crippen LogP contribution in [0.2, 0.25) is 0 Å². The first-order chi connectivity index (χ1) is 8.40. The van der Waals surface area contributed by atoms with E-state index in [4.69, 9.17) is 4.74 Å². The fourth-order valence-electron chi connectivity index (χ4n) is 0.818. The number of carbonyl (C=O) groups is 2. The van der Waals surface area contributed by atoms with Crippen LogP contribution in [0.5, 0.6) is 0 Å². The van der Waals surface area contributed by atoms with Crippen molar-refractivity contribution in [2.45, 2.75) is 33.7 Å². The van der Waals surface area contributed by atoms with Crippen LogP contribution >= 0.6 is 0 Å². The van der Waals surface area contributed by atoms with Crippen LogP contribution in [0.3, 0.4) is 0 Å². The van der Waals surface area contributed by atoms with Crippen molar-refractivity contribution in [3.63, 3.8) is 0 Å². The predicted molar refractivity (Wildman–Crippen MR) is 67.6 cm³/mol. The van der Waals surface area contributed by atoms with E-state index in [1.165, 1.54) is 27.7 Å². The molecule has 0 atom stereocenters. The standard InChI is InChI=1S/C13H20O6/c1-8(2)10(14)18-7-12(5,6)13(16,17)19-11(15)9(3)4/h16-17H,1,3,7H2,2,4-6H3. The van der Waals surface area contributed by atoms with Gasteiger partial charge in [0.05, 0.1) is 5.41 Å². The van der Waals surface area contributed by atoms with E-state index in [9.17, 15) is 19.8 Å². The molecule has 0 fully saturated rings. The molecule has 0 saturated heterocycles. The molecule has 0 aromatic rings. The molecule has 0 rings (SSSR count). The molecule has 0 amide bonds. The van der Waals surface area contributed by atoms with Crippen LogP contribution in [0, 0.1) is 5.41 Å². The van der Waals surface area contributed by atoms with Gasteiger partial charge < -0.3 is 19.7 Å². The Balaban J connectivity index is 4.77. The molecule has 0 aromatic carbocycles. The second kappa shape index (κ2) is 5.99. The Morgan fingerprint density at radius 3 is 1.84 bits per heavy atom. The van der Waals surface area contributed by atoms with E-state index in [1.807, 2.05) is 0 Å². The Morgan fingerprint density at radius 1 is 1.05 bits per heavy atom. The largest absolute Gasteiger partial charge is 0.461 e. The molecule has 0 bridgehead atoms. The average Bonchev–Trinajstić information content (AvgIpc) is 2.24. The van der Waals surface area contributed by atoms with Crippen LogP contribution in [-0.2, 0) is 19.1 Å². The van der Waals surface area contributed by atoms with Gasteiger partial charge in [-0.3, -0.25) is 0 Å². The van der Waals surface area contributed by atoms with Gasteiger partial charge in [-0.1, -0.05) is 13.2 Å². The summed E-state index contributed by atoms with van der Waals surface area (Å²) in [5.74, 6) is -4.42. The predicted octanol–water partition coefficient (Wildman–Crippen LogP) is 0.890. The molecule has 0 saturated carbocycles. The summed E-state index contributed by atoms with van der Waals surface area (Å²) in [6.07, 6.45) is 0. The fourth-order valence-corrected chi connectivity index (χ4v) is 0.818. The van der Waals surface area contributed by atoms with Crippen molar-refractivity contribution in [3.8, 4) is 0 Å². The van der Waals surface area contributed by atoms with Gasteiger partial charge in [0.2, 0.25) is 0 Å². The summed E-state index contributed by atoms with van der Waals surface area (Å²) in [5.41, 5.74) is -1.23. The Morgan fingerprint density at radius 2 is 1.47 bits per heavy atom. The SMILES string of the molecule is C=C(C)C(=O)OCC(C)(C)C(O)(O)OC(=O)C(=C)C. The van der Waals surface area contributed by atoms with Gasteiger partial charge in [-0.2, -0.15) is 0 Å². The van der Waals surface area contributed by atoms with Gasteiger partial charge in [0, 0.05) is 11.1 Å². The highest BCUT2D eigenvalue weighted by Crippen LogP contribution is 2.31. The number of ether oxygens (including phenoxy) is 2. The monoisotopic (exact) mass is 272 g/mol. The molecule has 0 aliphatic carbocycles. The highest BCUT2D eigenvalue weighted by molar-refractivity contribution is 5.87. The van der Waals surface area contributed by atoms with Crippen LogP contribution in [0.25, 0.3) is 0 Å². The molecular formula is C13H20O6. The van der Waals surface area contributed by atoms with E-state index >= 15 is 0 Å². The first kappa shape index (κ1) is 17.3. The molecule has 2 N–H and O–H groups in total. The highest BCUT2D eigenvalue weighted by atomic mass is 16.8. The average molecular weight is 272 g/mol. The van der Waals surface area contributed by atoms with E-state index in [0.717, 1.165) is 0 Å². The third-order valence-corrected chi connectivity index (χ3v) is 2.38. The van der Waals surface area contributed by atoms with Crippen molar-refractivity contribution in [2.75, 3.05) is 6.61 Å². The summed E-state index contributed by atoms with van der Waals surface area (Å²) in [4.78, 5) is 22.5. The molecular weight excluding hydrogens is 252 g/mol. The molecule has 6 nitrogen and oxygen atoms in total. The number of hydrogen-bond donors (Lipinski definition) is 2. The van der Waals surface area contributed by atoms with E-state index in [2.05, 4.69) is 17.9 Å². The zero-order chi connectivity index (χ0) is 15.4. The summed E-state index contributed by atoms with van der Waals surface area (Å²) in [6, 6.07) is 0. The van der Waals surface area contributed by atoms with E-state index in [0.29, 0.717) is 0 Å². The van der Waals surface area contributed by atoms with Crippen LogP contribution in [0.15, 0.2) is 24.3 Å². The lowest BCUT2D eigenvalue weighted by atomic mass is 9.91. The van der Waals surface area contributed by atoms with Gasteiger partial charge in [-0.25, -0.2) is 9.59 Å². The summed E-state index contributed by atoms with van der Waals surface area (Å²) in [7, 11) is 0. The normalized spacial score (nSPS) is 11.7. The summed E-state index contributed by atoms with van der Waals surface area (Å²) in [5, 5.41) is 19.5. The molecule has 0 aliphatic rings. The zero-order valence-electron chi connectivity index (χ0n) is 11.6. The molecule has 0 radical (unpaired) electrons. The first-order valence-electron chi connectivity index (χ1n) is 5.57. The second-order valence-electron chi connectivity index (χ2n) is 5.02. The Hall–Kier alpha value is -1.66. The number of hydrogen-bond acceptors (Lipinski definition) is 6. The molecule has 108 valence electrons. The van der Waals surface area contributed by atoms with E-state index in [-0.39, 0.29) is 17.8 Å². The maximum Gasteiger partial charge on any atom is 0.337 e. The maximum absolute atomic E-state index is 11.3. The van der Waals surface area contributed by atoms with Gasteiger partial charge in [0.25, 0.3) is 0 Å². The van der Waals surface area contributed by atoms with Gasteiger partial charge in [-0.15, -0.1) is 0 Å². The van der Waals surface area contributed by atoms with E-state index < -0.39 is 23.3 Å². The van der Waals surface area contributed by atoms with Crippen LogP contribution in [-0.4, -0.2) is 34.7 Å². The Kier molecular flexibility index (Phi) is 5.46. The molecule has 0 spiro atoms. The second-order valence-corrected chi connectivity index (χ2v) is 5.02. The lowest BCUT2D eigenvalue weighted by Gasteiger charge is -2.35. The maximum atomic E-state index is 11.3. The van der Waals surface area contributed by atoms with Crippen molar-refractivity contribution < 1.29 is 29.3 Å². The minimum Gasteiger partial charge on any atom is -0.461 e. The lowest BCUT2D eigenvalue weighted by Crippen LogP contribution is -2.51. The highest BCUT2D eigenvalue weighted by Gasteiger charge is 2.47. The minimum absolute atomic E-state index is 0.0159. The third-order valence-electron chi connectivity index (χ3n) is 2.38. The molecule has 0 aliphatic heterocycles. The van der Waals surface area contributed by atoms with Crippen molar-refractivity contribution in [2.24, 2.45) is 5.41 Å². The van der Waals surface area contributed by atoms with Crippen LogP contribution < -0.4 is 0 Å². The summed E-state index contributed by atoms with van der Waals surface area (Å²) in [6.45, 7) is 11.9. The first-order valence-corrected chi connectivity index (χ1v) is 5.57. The van der Waals surface area contributed by atoms with Crippen molar-refractivity contribution >= 4 is 11.9 Å². The topological polar surface area (TPSA) is 93.1 Å². The van der Waals surface area contributed by atoms with E-state index in [1.54, 1.807) is 0 Å². The number of rotatable bonds is 6. The van der Waals surface area contributed by atoms with Crippen LogP contribution in [0.4, 0.5) is 0 Å². The van der Waals surface area contributed by atoms with Crippen molar-refractivity contribution in [1.82, 2.24) is 0 Å². The van der Waals surface area contributed by atoms with Crippen molar-refractivity contribution in [3.05, 3.63) is 24.3 Å². The van der Waals surface area contributed by atoms with Gasteiger partial charge in [0.1, 0.15) is 6.61 Å². The fraction of sp³-hybridized carbons (Fsp3) is 0.538. The summed E-state index contributed by atoms with van der Waals surface area (Å²) < 4.78 is 9.34. The number of esters is 2. The Bertz CT molecular complexity index is 405. The quantitative estimate of drug-likeness (QED) is 0.424. The third kappa shape index (κ3) is 4.84. The van der Waals surface area contributed by atoms with Crippen LogP contribution in [0.1, 0.15) is 27.7 Å².